The molecule has 1 atom stereocenters. The van der Waals surface area contributed by atoms with Gasteiger partial charge in [0.05, 0.1) is 21.1 Å². The zero-order valence-electron chi connectivity index (χ0n) is 12.1. The van der Waals surface area contributed by atoms with E-state index in [9.17, 15) is 0 Å². The Morgan fingerprint density at radius 3 is 2.43 bits per heavy atom. The second-order valence-electron chi connectivity index (χ2n) is 5.04. The zero-order valence-corrected chi connectivity index (χ0v) is 14.4. The molecule has 21 heavy (non-hydrogen) atoms. The number of rotatable bonds is 5. The molecule has 0 spiro atoms. The van der Waals surface area contributed by atoms with Crippen LogP contribution in [0.1, 0.15) is 37.4 Å². The number of halogens is 3. The summed E-state index contributed by atoms with van der Waals surface area (Å²) in [6.07, 6.45) is 2.16. The smallest absolute Gasteiger partial charge is 0.0782 e. The Morgan fingerprint density at radius 1 is 1.00 bits per heavy atom. The van der Waals surface area contributed by atoms with Crippen molar-refractivity contribution in [1.29, 1.82) is 0 Å². The molecular formula is C17H18Cl3N. The van der Waals surface area contributed by atoms with Gasteiger partial charge >= 0.3 is 0 Å². The van der Waals surface area contributed by atoms with Crippen LogP contribution in [-0.4, -0.2) is 0 Å². The predicted octanol–water partition coefficient (Wildman–Crippen LogP) is 6.77. The molecule has 1 nitrogen and oxygen atoms in total. The molecule has 0 aliphatic rings. The summed E-state index contributed by atoms with van der Waals surface area (Å²) in [6.45, 7) is 4.24. The Bertz CT molecular complexity index is 625. The summed E-state index contributed by atoms with van der Waals surface area (Å²) in [4.78, 5) is 0. The van der Waals surface area contributed by atoms with Gasteiger partial charge in [-0.3, -0.25) is 0 Å². The second kappa shape index (κ2) is 7.40. The summed E-state index contributed by atoms with van der Waals surface area (Å²) in [7, 11) is 0. The molecular weight excluding hydrogens is 325 g/mol. The average molecular weight is 343 g/mol. The fourth-order valence-corrected chi connectivity index (χ4v) is 3.04. The molecule has 0 aromatic heterocycles. The van der Waals surface area contributed by atoms with E-state index in [1.54, 1.807) is 6.07 Å². The molecule has 0 fully saturated rings. The highest BCUT2D eigenvalue weighted by Gasteiger charge is 2.15. The van der Waals surface area contributed by atoms with Crippen LogP contribution in [0.15, 0.2) is 36.4 Å². The minimum absolute atomic E-state index is 0.0465. The maximum Gasteiger partial charge on any atom is 0.0782 e. The summed E-state index contributed by atoms with van der Waals surface area (Å²) in [5.41, 5.74) is 3.38. The van der Waals surface area contributed by atoms with Gasteiger partial charge in [0, 0.05) is 5.69 Å². The molecule has 0 radical (unpaired) electrons. The molecule has 2 aromatic rings. The second-order valence-corrected chi connectivity index (χ2v) is 6.20. The van der Waals surface area contributed by atoms with Gasteiger partial charge in [-0.1, -0.05) is 72.4 Å². The van der Waals surface area contributed by atoms with Crippen LogP contribution in [0.4, 0.5) is 5.69 Å². The highest BCUT2D eigenvalue weighted by molar-refractivity contribution is 6.48. The molecule has 2 rings (SSSR count). The Balaban J connectivity index is 2.26. The van der Waals surface area contributed by atoms with E-state index in [2.05, 4.69) is 37.4 Å². The third-order valence-corrected chi connectivity index (χ3v) is 4.75. The number of benzene rings is 2. The van der Waals surface area contributed by atoms with Crippen molar-refractivity contribution in [3.8, 4) is 0 Å². The fraction of sp³-hybridized carbons (Fsp3) is 0.294. The lowest BCUT2D eigenvalue weighted by molar-refractivity contribution is 0.867. The molecule has 0 aliphatic carbocycles. The Labute approximate surface area is 141 Å². The first-order valence-corrected chi connectivity index (χ1v) is 8.15. The van der Waals surface area contributed by atoms with Crippen LogP contribution in [0.5, 0.6) is 0 Å². The molecule has 1 N–H and O–H groups in total. The van der Waals surface area contributed by atoms with Crippen molar-refractivity contribution in [2.75, 3.05) is 5.32 Å². The van der Waals surface area contributed by atoms with Crippen molar-refractivity contribution in [1.82, 2.24) is 0 Å². The van der Waals surface area contributed by atoms with Gasteiger partial charge in [0.15, 0.2) is 0 Å². The summed E-state index contributed by atoms with van der Waals surface area (Å²) in [6, 6.07) is 12.1. The molecule has 112 valence electrons. The first-order valence-electron chi connectivity index (χ1n) is 7.02. The van der Waals surface area contributed by atoms with Crippen molar-refractivity contribution in [3.05, 3.63) is 62.6 Å². The third-order valence-electron chi connectivity index (χ3n) is 3.44. The van der Waals surface area contributed by atoms with Crippen molar-refractivity contribution in [3.63, 3.8) is 0 Å². The number of para-hydroxylation sites is 1. The quantitative estimate of drug-likeness (QED) is 0.591. The number of nitrogens with one attached hydrogen (secondary N) is 1. The van der Waals surface area contributed by atoms with Gasteiger partial charge in [-0.05, 0) is 36.6 Å². The maximum atomic E-state index is 6.30. The van der Waals surface area contributed by atoms with Gasteiger partial charge in [0.25, 0.3) is 0 Å². The van der Waals surface area contributed by atoms with Crippen LogP contribution in [0.3, 0.4) is 0 Å². The van der Waals surface area contributed by atoms with E-state index in [0.717, 1.165) is 24.1 Å². The van der Waals surface area contributed by atoms with Gasteiger partial charge in [-0.15, -0.1) is 0 Å². The van der Waals surface area contributed by atoms with Crippen LogP contribution in [0, 0.1) is 0 Å². The Hall–Kier alpha value is -0.890. The van der Waals surface area contributed by atoms with Crippen molar-refractivity contribution < 1.29 is 0 Å². The first-order chi connectivity index (χ1) is 10.0. The summed E-state index contributed by atoms with van der Waals surface area (Å²) in [5, 5.41) is 4.91. The standard InChI is InChI=1S/C17H18Cl3N/c1-3-6-12-7-4-5-8-15(12)21-11(2)13-9-10-14(18)17(20)16(13)19/h4-5,7-11,21H,3,6H2,1-2H3. The Morgan fingerprint density at radius 2 is 1.71 bits per heavy atom. The lowest BCUT2D eigenvalue weighted by atomic mass is 10.0. The third kappa shape index (κ3) is 3.85. The van der Waals surface area contributed by atoms with Gasteiger partial charge in [0.2, 0.25) is 0 Å². The van der Waals surface area contributed by atoms with E-state index in [1.807, 2.05) is 12.1 Å². The summed E-state index contributed by atoms with van der Waals surface area (Å²) < 4.78 is 0. The minimum atomic E-state index is 0.0465. The normalized spacial score (nSPS) is 12.2. The predicted molar refractivity (Wildman–Crippen MR) is 93.9 cm³/mol. The molecule has 0 bridgehead atoms. The Kier molecular flexibility index (Phi) is 5.80. The number of hydrogen-bond donors (Lipinski definition) is 1. The largest absolute Gasteiger partial charge is 0.378 e. The lowest BCUT2D eigenvalue weighted by Gasteiger charge is -2.20. The van der Waals surface area contributed by atoms with Gasteiger partial charge < -0.3 is 5.32 Å². The van der Waals surface area contributed by atoms with Crippen LogP contribution in [0.25, 0.3) is 0 Å². The van der Waals surface area contributed by atoms with Crippen LogP contribution < -0.4 is 5.32 Å². The molecule has 0 saturated heterocycles. The molecule has 0 aliphatic heterocycles. The number of anilines is 1. The van der Waals surface area contributed by atoms with Crippen molar-refractivity contribution in [2.45, 2.75) is 32.7 Å². The van der Waals surface area contributed by atoms with E-state index in [0.29, 0.717) is 15.1 Å². The van der Waals surface area contributed by atoms with E-state index >= 15 is 0 Å². The van der Waals surface area contributed by atoms with E-state index in [4.69, 9.17) is 34.8 Å². The summed E-state index contributed by atoms with van der Waals surface area (Å²) in [5.74, 6) is 0. The molecule has 2 aromatic carbocycles. The van der Waals surface area contributed by atoms with Crippen molar-refractivity contribution >= 4 is 40.5 Å². The average Bonchev–Trinajstić information content (AvgIpc) is 2.47. The van der Waals surface area contributed by atoms with Crippen LogP contribution in [0.2, 0.25) is 15.1 Å². The maximum absolute atomic E-state index is 6.30. The topological polar surface area (TPSA) is 12.0 Å². The van der Waals surface area contributed by atoms with Gasteiger partial charge in [0.1, 0.15) is 0 Å². The number of aryl methyl sites for hydroxylation is 1. The zero-order chi connectivity index (χ0) is 15.4. The number of hydrogen-bond acceptors (Lipinski definition) is 1. The minimum Gasteiger partial charge on any atom is -0.378 e. The van der Waals surface area contributed by atoms with Gasteiger partial charge in [-0.25, -0.2) is 0 Å². The highest BCUT2D eigenvalue weighted by atomic mass is 35.5. The van der Waals surface area contributed by atoms with Crippen LogP contribution in [-0.2, 0) is 6.42 Å². The molecule has 0 saturated carbocycles. The molecule has 4 heteroatoms. The van der Waals surface area contributed by atoms with Crippen molar-refractivity contribution in [2.24, 2.45) is 0 Å². The monoisotopic (exact) mass is 341 g/mol. The first kappa shape index (κ1) is 16.5. The van der Waals surface area contributed by atoms with E-state index in [1.165, 1.54) is 5.56 Å². The highest BCUT2D eigenvalue weighted by Crippen LogP contribution is 2.36. The lowest BCUT2D eigenvalue weighted by Crippen LogP contribution is -2.09. The SMILES string of the molecule is CCCc1ccccc1NC(C)c1ccc(Cl)c(Cl)c1Cl. The summed E-state index contributed by atoms with van der Waals surface area (Å²) >= 11 is 18.4. The van der Waals surface area contributed by atoms with Gasteiger partial charge in [-0.2, -0.15) is 0 Å². The van der Waals surface area contributed by atoms with E-state index in [-0.39, 0.29) is 6.04 Å². The van der Waals surface area contributed by atoms with E-state index < -0.39 is 0 Å². The fourth-order valence-electron chi connectivity index (χ4n) is 2.33. The molecule has 0 amide bonds. The molecule has 0 heterocycles. The molecule has 1 unspecified atom stereocenters. The van der Waals surface area contributed by atoms with Crippen LogP contribution >= 0.6 is 34.8 Å².